The standard InChI is InChI=1S/C16H16/c1-3-8-15-12-16-9-4-2-7-14(16)11-5-10-13(15)6-1/h1-11,13,15-16H,12H2/b10-5-,14-11-. The highest BCUT2D eigenvalue weighted by Crippen LogP contribution is 2.34. The van der Waals surface area contributed by atoms with Crippen molar-refractivity contribution < 1.29 is 0 Å². The van der Waals surface area contributed by atoms with Crippen LogP contribution in [0, 0.1) is 17.8 Å². The molecule has 0 saturated heterocycles. The zero-order chi connectivity index (χ0) is 10.8. The number of rotatable bonds is 0. The number of allylic oxidation sites excluding steroid dienone is 12. The lowest BCUT2D eigenvalue weighted by Gasteiger charge is -2.28. The van der Waals surface area contributed by atoms with Crippen LogP contribution in [0.2, 0.25) is 0 Å². The highest BCUT2D eigenvalue weighted by molar-refractivity contribution is 5.37. The van der Waals surface area contributed by atoms with E-state index < -0.39 is 0 Å². The zero-order valence-electron chi connectivity index (χ0n) is 9.29. The molecule has 0 heteroatoms. The van der Waals surface area contributed by atoms with Gasteiger partial charge in [0.2, 0.25) is 0 Å². The molecule has 0 aliphatic heterocycles. The second-order valence-corrected chi connectivity index (χ2v) is 4.65. The Morgan fingerprint density at radius 2 is 1.62 bits per heavy atom. The van der Waals surface area contributed by atoms with Gasteiger partial charge in [0.25, 0.3) is 0 Å². The Morgan fingerprint density at radius 3 is 2.62 bits per heavy atom. The van der Waals surface area contributed by atoms with Crippen LogP contribution >= 0.6 is 0 Å². The molecule has 0 nitrogen and oxygen atoms in total. The monoisotopic (exact) mass is 208 g/mol. The average Bonchev–Trinajstić information content (AvgIpc) is 2.29. The smallest absolute Gasteiger partial charge is 0.00270 e. The number of fused-ring (bicyclic) bond motifs is 2. The van der Waals surface area contributed by atoms with Crippen molar-refractivity contribution in [3.05, 3.63) is 72.4 Å². The first kappa shape index (κ1) is 9.65. The summed E-state index contributed by atoms with van der Waals surface area (Å²) in [5.41, 5.74) is 1.44. The molecule has 3 rings (SSSR count). The van der Waals surface area contributed by atoms with E-state index in [2.05, 4.69) is 66.8 Å². The van der Waals surface area contributed by atoms with Crippen molar-refractivity contribution in [1.29, 1.82) is 0 Å². The van der Waals surface area contributed by atoms with E-state index in [1.807, 2.05) is 0 Å². The minimum absolute atomic E-state index is 0.585. The third kappa shape index (κ3) is 1.76. The Balaban J connectivity index is 1.94. The van der Waals surface area contributed by atoms with E-state index in [4.69, 9.17) is 0 Å². The first-order valence-corrected chi connectivity index (χ1v) is 6.02. The molecule has 3 unspecified atom stereocenters. The van der Waals surface area contributed by atoms with Gasteiger partial charge in [0.1, 0.15) is 0 Å². The van der Waals surface area contributed by atoms with E-state index in [-0.39, 0.29) is 0 Å². The lowest BCUT2D eigenvalue weighted by Crippen LogP contribution is -2.17. The minimum atomic E-state index is 0.585. The molecule has 0 amide bonds. The zero-order valence-corrected chi connectivity index (χ0v) is 9.29. The number of hydrogen-bond donors (Lipinski definition) is 0. The van der Waals surface area contributed by atoms with Gasteiger partial charge in [0.15, 0.2) is 0 Å². The van der Waals surface area contributed by atoms with E-state index in [1.54, 1.807) is 0 Å². The van der Waals surface area contributed by atoms with Crippen molar-refractivity contribution in [1.82, 2.24) is 0 Å². The molecule has 0 radical (unpaired) electrons. The van der Waals surface area contributed by atoms with Crippen molar-refractivity contribution in [2.45, 2.75) is 6.42 Å². The van der Waals surface area contributed by atoms with Gasteiger partial charge in [-0.05, 0) is 17.9 Å². The summed E-state index contributed by atoms with van der Waals surface area (Å²) in [6.45, 7) is 0. The fraction of sp³-hybridized carbons (Fsp3) is 0.250. The molecule has 80 valence electrons. The molecular formula is C16H16. The third-order valence-electron chi connectivity index (χ3n) is 3.62. The van der Waals surface area contributed by atoms with E-state index in [0.717, 1.165) is 0 Å². The Kier molecular flexibility index (Phi) is 2.49. The lowest BCUT2D eigenvalue weighted by atomic mass is 9.77. The minimum Gasteiger partial charge on any atom is -0.0805 e. The topological polar surface area (TPSA) is 0 Å². The van der Waals surface area contributed by atoms with Gasteiger partial charge >= 0.3 is 0 Å². The second-order valence-electron chi connectivity index (χ2n) is 4.65. The third-order valence-corrected chi connectivity index (χ3v) is 3.62. The van der Waals surface area contributed by atoms with Crippen LogP contribution in [-0.2, 0) is 0 Å². The van der Waals surface area contributed by atoms with Gasteiger partial charge in [-0.2, -0.15) is 0 Å². The molecule has 0 spiro atoms. The fourth-order valence-corrected chi connectivity index (χ4v) is 2.69. The molecule has 0 fully saturated rings. The predicted octanol–water partition coefficient (Wildman–Crippen LogP) is 3.97. The van der Waals surface area contributed by atoms with Crippen molar-refractivity contribution in [3.8, 4) is 0 Å². The lowest BCUT2D eigenvalue weighted by molar-refractivity contribution is 0.462. The van der Waals surface area contributed by atoms with Crippen LogP contribution in [0.15, 0.2) is 72.4 Å². The normalized spacial score (nSPS) is 40.2. The molecular weight excluding hydrogens is 192 g/mol. The summed E-state index contributed by atoms with van der Waals surface area (Å²) >= 11 is 0. The second kappa shape index (κ2) is 4.13. The molecule has 0 saturated carbocycles. The highest BCUT2D eigenvalue weighted by Gasteiger charge is 2.22. The Morgan fingerprint density at radius 1 is 0.812 bits per heavy atom. The SMILES string of the molecule is C1=C/C2=C/C=C\C3C=CC=CC3CC2C=C1. The summed E-state index contributed by atoms with van der Waals surface area (Å²) in [5, 5.41) is 0. The van der Waals surface area contributed by atoms with E-state index in [9.17, 15) is 0 Å². The van der Waals surface area contributed by atoms with Gasteiger partial charge < -0.3 is 0 Å². The first-order chi connectivity index (χ1) is 7.93. The molecule has 0 aromatic heterocycles. The van der Waals surface area contributed by atoms with Crippen LogP contribution < -0.4 is 0 Å². The van der Waals surface area contributed by atoms with Crippen molar-refractivity contribution in [2.24, 2.45) is 17.8 Å². The van der Waals surface area contributed by atoms with Crippen molar-refractivity contribution >= 4 is 0 Å². The first-order valence-electron chi connectivity index (χ1n) is 6.02. The van der Waals surface area contributed by atoms with Crippen LogP contribution in [0.1, 0.15) is 6.42 Å². The maximum absolute atomic E-state index is 2.35. The Hall–Kier alpha value is -1.56. The Labute approximate surface area is 97.1 Å². The van der Waals surface area contributed by atoms with E-state index in [0.29, 0.717) is 17.8 Å². The van der Waals surface area contributed by atoms with Crippen molar-refractivity contribution in [3.63, 3.8) is 0 Å². The number of hydrogen-bond acceptors (Lipinski definition) is 0. The molecule has 0 heterocycles. The molecule has 0 aromatic carbocycles. The van der Waals surface area contributed by atoms with Gasteiger partial charge in [-0.15, -0.1) is 0 Å². The summed E-state index contributed by atoms with van der Waals surface area (Å²) in [6, 6.07) is 0. The molecule has 0 aromatic rings. The molecule has 3 aliphatic carbocycles. The van der Waals surface area contributed by atoms with Crippen LogP contribution in [0.3, 0.4) is 0 Å². The molecule has 0 N–H and O–H groups in total. The van der Waals surface area contributed by atoms with Crippen LogP contribution in [0.4, 0.5) is 0 Å². The van der Waals surface area contributed by atoms with Gasteiger partial charge in [0, 0.05) is 11.8 Å². The van der Waals surface area contributed by atoms with E-state index >= 15 is 0 Å². The summed E-state index contributed by atoms with van der Waals surface area (Å²) in [6.07, 6.45) is 25.9. The van der Waals surface area contributed by atoms with Crippen LogP contribution in [-0.4, -0.2) is 0 Å². The van der Waals surface area contributed by atoms with Crippen LogP contribution in [0.5, 0.6) is 0 Å². The highest BCUT2D eigenvalue weighted by atomic mass is 14.3. The van der Waals surface area contributed by atoms with Crippen LogP contribution in [0.25, 0.3) is 0 Å². The molecule has 16 heavy (non-hydrogen) atoms. The van der Waals surface area contributed by atoms with E-state index in [1.165, 1.54) is 12.0 Å². The molecule has 0 bridgehead atoms. The Bertz CT molecular complexity index is 441. The maximum Gasteiger partial charge on any atom is 0.00270 e. The molecule has 3 atom stereocenters. The van der Waals surface area contributed by atoms with Crippen molar-refractivity contribution in [2.75, 3.05) is 0 Å². The van der Waals surface area contributed by atoms with Gasteiger partial charge in [-0.25, -0.2) is 0 Å². The van der Waals surface area contributed by atoms with Gasteiger partial charge in [-0.1, -0.05) is 66.8 Å². The van der Waals surface area contributed by atoms with Gasteiger partial charge in [-0.3, -0.25) is 0 Å². The average molecular weight is 208 g/mol. The quantitative estimate of drug-likeness (QED) is 0.565. The van der Waals surface area contributed by atoms with Gasteiger partial charge in [0.05, 0.1) is 0 Å². The summed E-state index contributed by atoms with van der Waals surface area (Å²) in [7, 11) is 0. The molecule has 3 aliphatic rings. The summed E-state index contributed by atoms with van der Waals surface area (Å²) < 4.78 is 0. The maximum atomic E-state index is 2.35. The largest absolute Gasteiger partial charge is 0.0805 e. The summed E-state index contributed by atoms with van der Waals surface area (Å²) in [5.74, 6) is 1.84. The predicted molar refractivity (Wildman–Crippen MR) is 68.9 cm³/mol. The fourth-order valence-electron chi connectivity index (χ4n) is 2.69. The summed E-state index contributed by atoms with van der Waals surface area (Å²) in [4.78, 5) is 0.